The molecule has 0 spiro atoms. The molecule has 2 heterocycles. The molecule has 0 saturated carbocycles. The van der Waals surface area contributed by atoms with Gasteiger partial charge < -0.3 is 15.5 Å². The van der Waals surface area contributed by atoms with Crippen molar-refractivity contribution in [2.75, 3.05) is 14.1 Å². The van der Waals surface area contributed by atoms with Gasteiger partial charge in [0.15, 0.2) is 6.17 Å². The molecular formula is C6H12N6O. The molecule has 72 valence electrons. The van der Waals surface area contributed by atoms with Crippen LogP contribution in [0.25, 0.3) is 0 Å². The van der Waals surface area contributed by atoms with Crippen molar-refractivity contribution in [3.05, 3.63) is 0 Å². The molecule has 13 heavy (non-hydrogen) atoms. The Kier molecular flexibility index (Phi) is 1.56. The average molecular weight is 184 g/mol. The van der Waals surface area contributed by atoms with Crippen molar-refractivity contribution in [3.8, 4) is 0 Å². The van der Waals surface area contributed by atoms with Gasteiger partial charge in [-0.15, -0.1) is 0 Å². The fraction of sp³-hybridized carbons (Fsp3) is 0.667. The first-order valence-electron chi connectivity index (χ1n) is 3.95. The summed E-state index contributed by atoms with van der Waals surface area (Å²) < 4.78 is 0. The Hall–Kier alpha value is -1.50. The van der Waals surface area contributed by atoms with Crippen molar-refractivity contribution in [2.24, 2.45) is 10.7 Å². The quantitative estimate of drug-likeness (QED) is 0.409. The second kappa shape index (κ2) is 2.49. The summed E-state index contributed by atoms with van der Waals surface area (Å²) in [5.41, 5.74) is 11.0. The first kappa shape index (κ1) is 8.11. The molecule has 0 unspecified atom stereocenters. The first-order chi connectivity index (χ1) is 6.11. The van der Waals surface area contributed by atoms with Crippen LogP contribution in [0.5, 0.6) is 0 Å². The van der Waals surface area contributed by atoms with Crippen LogP contribution < -0.4 is 16.6 Å². The Morgan fingerprint density at radius 2 is 2.15 bits per heavy atom. The van der Waals surface area contributed by atoms with Crippen LogP contribution in [0.4, 0.5) is 4.79 Å². The summed E-state index contributed by atoms with van der Waals surface area (Å²) >= 11 is 0. The van der Waals surface area contributed by atoms with E-state index in [9.17, 15) is 4.79 Å². The predicted octanol–water partition coefficient (Wildman–Crippen LogP) is -1.94. The van der Waals surface area contributed by atoms with Gasteiger partial charge in [-0.1, -0.05) is 0 Å². The lowest BCUT2D eigenvalue weighted by Crippen LogP contribution is -2.60. The predicted molar refractivity (Wildman–Crippen MR) is 46.4 cm³/mol. The number of hydrogen-bond acceptors (Lipinski definition) is 5. The van der Waals surface area contributed by atoms with Gasteiger partial charge in [-0.2, -0.15) is 0 Å². The van der Waals surface area contributed by atoms with Crippen molar-refractivity contribution in [1.82, 2.24) is 20.7 Å². The number of carbonyl (C=O) groups is 1. The maximum Gasteiger partial charge on any atom is 0.322 e. The van der Waals surface area contributed by atoms with Gasteiger partial charge in [0.25, 0.3) is 0 Å². The van der Waals surface area contributed by atoms with Gasteiger partial charge in [0.2, 0.25) is 5.96 Å². The third-order valence-corrected chi connectivity index (χ3v) is 2.32. The molecule has 1 saturated heterocycles. The average Bonchev–Trinajstić information content (AvgIpc) is 2.32. The van der Waals surface area contributed by atoms with E-state index in [0.29, 0.717) is 5.96 Å². The van der Waals surface area contributed by atoms with Crippen LogP contribution in [-0.2, 0) is 0 Å². The standard InChI is InChI=1S/C6H12N6O/c1-11-3-4(12(2)6(11)13)9-10-5(7)8-3/h3-4,9H,1-2H3,(H3,7,8,10)/t3-,4-/m1/s1. The second-order valence-corrected chi connectivity index (χ2v) is 3.15. The molecule has 7 heteroatoms. The number of amides is 2. The van der Waals surface area contributed by atoms with Gasteiger partial charge in [0, 0.05) is 14.1 Å². The maximum atomic E-state index is 11.5. The summed E-state index contributed by atoms with van der Waals surface area (Å²) in [5.74, 6) is 0.302. The molecule has 0 radical (unpaired) electrons. The molecule has 4 N–H and O–H groups in total. The third kappa shape index (κ3) is 1.00. The van der Waals surface area contributed by atoms with Gasteiger partial charge in [0.1, 0.15) is 6.17 Å². The molecule has 2 aliphatic heterocycles. The van der Waals surface area contributed by atoms with Crippen molar-refractivity contribution in [1.29, 1.82) is 0 Å². The SMILES string of the molecule is CN1C(=O)N(C)[C@H]2NNC(N)=N[C@@H]21. The molecule has 2 atom stereocenters. The number of carbonyl (C=O) groups excluding carboxylic acids is 1. The zero-order valence-corrected chi connectivity index (χ0v) is 7.48. The fourth-order valence-corrected chi connectivity index (χ4v) is 1.54. The van der Waals surface area contributed by atoms with Crippen molar-refractivity contribution >= 4 is 12.0 Å². The van der Waals surface area contributed by atoms with Gasteiger partial charge in [0.05, 0.1) is 0 Å². The number of urea groups is 1. The molecule has 2 aliphatic rings. The number of rotatable bonds is 0. The highest BCUT2D eigenvalue weighted by molar-refractivity contribution is 5.82. The minimum absolute atomic E-state index is 0.0669. The zero-order valence-electron chi connectivity index (χ0n) is 7.48. The van der Waals surface area contributed by atoms with Crippen LogP contribution in [0.1, 0.15) is 0 Å². The third-order valence-electron chi connectivity index (χ3n) is 2.32. The molecule has 0 aromatic carbocycles. The van der Waals surface area contributed by atoms with Crippen LogP contribution in [-0.4, -0.2) is 48.2 Å². The molecule has 1 fully saturated rings. The molecule has 0 aromatic heterocycles. The summed E-state index contributed by atoms with van der Waals surface area (Å²) in [7, 11) is 3.42. The summed E-state index contributed by atoms with van der Waals surface area (Å²) in [6.07, 6.45) is -0.386. The lowest BCUT2D eigenvalue weighted by molar-refractivity contribution is 0.196. The number of likely N-dealkylation sites (N-methyl/N-ethyl adjacent to an activating group) is 2. The van der Waals surface area contributed by atoms with Crippen LogP contribution >= 0.6 is 0 Å². The van der Waals surface area contributed by atoms with E-state index in [1.165, 1.54) is 0 Å². The largest absolute Gasteiger partial charge is 0.369 e. The van der Waals surface area contributed by atoms with Crippen molar-refractivity contribution < 1.29 is 4.79 Å². The van der Waals surface area contributed by atoms with Crippen LogP contribution in [0.15, 0.2) is 4.99 Å². The van der Waals surface area contributed by atoms with E-state index in [0.717, 1.165) is 0 Å². The van der Waals surface area contributed by atoms with Gasteiger partial charge in [-0.05, 0) is 0 Å². The number of nitrogens with two attached hydrogens (primary N) is 1. The summed E-state index contributed by atoms with van der Waals surface area (Å²) in [6, 6.07) is -0.0669. The molecule has 0 aromatic rings. The molecule has 2 amide bonds. The number of hydrogen-bond donors (Lipinski definition) is 3. The molecule has 0 bridgehead atoms. The minimum Gasteiger partial charge on any atom is -0.369 e. The Balaban J connectivity index is 2.30. The van der Waals surface area contributed by atoms with E-state index in [4.69, 9.17) is 5.73 Å². The van der Waals surface area contributed by atoms with E-state index in [1.54, 1.807) is 23.9 Å². The molecule has 2 rings (SSSR count). The number of hydrazine groups is 1. The highest BCUT2D eigenvalue weighted by Gasteiger charge is 2.43. The number of guanidine groups is 1. The molecular weight excluding hydrogens is 172 g/mol. The number of aliphatic imine (C=N–C) groups is 1. The lowest BCUT2D eigenvalue weighted by atomic mass is 10.4. The minimum atomic E-state index is -0.237. The number of fused-ring (bicyclic) bond motifs is 1. The molecule has 7 nitrogen and oxygen atoms in total. The van der Waals surface area contributed by atoms with E-state index in [2.05, 4.69) is 15.8 Å². The highest BCUT2D eigenvalue weighted by Crippen LogP contribution is 2.19. The smallest absolute Gasteiger partial charge is 0.322 e. The van der Waals surface area contributed by atoms with Crippen LogP contribution in [0.2, 0.25) is 0 Å². The highest BCUT2D eigenvalue weighted by atomic mass is 16.2. The summed E-state index contributed by atoms with van der Waals surface area (Å²) in [6.45, 7) is 0. The molecule has 0 aliphatic carbocycles. The van der Waals surface area contributed by atoms with Gasteiger partial charge in [-0.3, -0.25) is 5.43 Å². The second-order valence-electron chi connectivity index (χ2n) is 3.15. The Morgan fingerprint density at radius 3 is 2.85 bits per heavy atom. The monoisotopic (exact) mass is 184 g/mol. The Labute approximate surface area is 75.5 Å². The lowest BCUT2D eigenvalue weighted by Gasteiger charge is -2.28. The summed E-state index contributed by atoms with van der Waals surface area (Å²) in [4.78, 5) is 18.7. The van der Waals surface area contributed by atoms with E-state index < -0.39 is 0 Å². The van der Waals surface area contributed by atoms with E-state index >= 15 is 0 Å². The fourth-order valence-electron chi connectivity index (χ4n) is 1.54. The first-order valence-corrected chi connectivity index (χ1v) is 3.95. The van der Waals surface area contributed by atoms with Crippen LogP contribution in [0, 0.1) is 0 Å². The number of nitrogens with one attached hydrogen (secondary N) is 2. The van der Waals surface area contributed by atoms with Crippen molar-refractivity contribution in [2.45, 2.75) is 12.3 Å². The zero-order chi connectivity index (χ0) is 9.59. The summed E-state index contributed by atoms with van der Waals surface area (Å²) in [5, 5.41) is 0. The van der Waals surface area contributed by atoms with Gasteiger partial charge in [-0.25, -0.2) is 15.2 Å². The van der Waals surface area contributed by atoms with Crippen molar-refractivity contribution in [3.63, 3.8) is 0 Å². The maximum absolute atomic E-state index is 11.5. The van der Waals surface area contributed by atoms with E-state index in [1.807, 2.05) is 0 Å². The topological polar surface area (TPSA) is 86.0 Å². The van der Waals surface area contributed by atoms with Gasteiger partial charge >= 0.3 is 6.03 Å². The Morgan fingerprint density at radius 1 is 1.46 bits per heavy atom. The van der Waals surface area contributed by atoms with E-state index in [-0.39, 0.29) is 18.4 Å². The normalized spacial score (nSPS) is 32.8. The number of nitrogens with zero attached hydrogens (tertiary/aromatic N) is 3. The van der Waals surface area contributed by atoms with Crippen LogP contribution in [0.3, 0.4) is 0 Å². The Bertz CT molecular complexity index is 276.